The zero-order valence-electron chi connectivity index (χ0n) is 13.8. The lowest BCUT2D eigenvalue weighted by Crippen LogP contribution is -2.29. The topological polar surface area (TPSA) is 76.7 Å². The van der Waals surface area contributed by atoms with Gasteiger partial charge in [0, 0.05) is 27.8 Å². The maximum absolute atomic E-state index is 14.4. The number of rotatable bonds is 4. The highest BCUT2D eigenvalue weighted by atomic mass is 32.2. The van der Waals surface area contributed by atoms with Crippen LogP contribution in [-0.2, 0) is 5.54 Å². The fraction of sp³-hybridized carbons (Fsp3) is 0.294. The third-order valence-corrected chi connectivity index (χ3v) is 5.61. The number of amidine groups is 1. The first-order valence-corrected chi connectivity index (χ1v) is 9.55. The molecule has 0 bridgehead atoms. The van der Waals surface area contributed by atoms with Gasteiger partial charge in [0.15, 0.2) is 5.17 Å². The Morgan fingerprint density at radius 1 is 1.44 bits per heavy atom. The summed E-state index contributed by atoms with van der Waals surface area (Å²) in [5, 5.41) is 6.70. The van der Waals surface area contributed by atoms with E-state index in [4.69, 9.17) is 10.5 Å². The molecule has 0 aliphatic carbocycles. The van der Waals surface area contributed by atoms with E-state index in [9.17, 15) is 9.18 Å². The van der Waals surface area contributed by atoms with E-state index in [1.807, 2.05) is 6.92 Å². The summed E-state index contributed by atoms with van der Waals surface area (Å²) in [6.45, 7) is 1.85. The molecule has 1 aliphatic heterocycles. The summed E-state index contributed by atoms with van der Waals surface area (Å²) in [5.41, 5.74) is 6.45. The van der Waals surface area contributed by atoms with Crippen LogP contribution in [0.15, 0.2) is 34.0 Å². The van der Waals surface area contributed by atoms with E-state index < -0.39 is 5.54 Å². The van der Waals surface area contributed by atoms with Gasteiger partial charge in [0.05, 0.1) is 18.2 Å². The van der Waals surface area contributed by atoms with Crippen LogP contribution < -0.4 is 15.8 Å². The van der Waals surface area contributed by atoms with E-state index in [1.54, 1.807) is 16.8 Å². The largest absolute Gasteiger partial charge is 0.495 e. The van der Waals surface area contributed by atoms with Crippen LogP contribution >= 0.6 is 23.1 Å². The fourth-order valence-electron chi connectivity index (χ4n) is 2.70. The van der Waals surface area contributed by atoms with Gasteiger partial charge in [0.1, 0.15) is 11.6 Å². The Balaban J connectivity index is 1.90. The zero-order chi connectivity index (χ0) is 18.0. The monoisotopic (exact) mass is 379 g/mol. The summed E-state index contributed by atoms with van der Waals surface area (Å²) in [4.78, 5) is 16.9. The Morgan fingerprint density at radius 3 is 2.96 bits per heavy atom. The summed E-state index contributed by atoms with van der Waals surface area (Å²) < 4.78 is 19.6. The highest BCUT2D eigenvalue weighted by molar-refractivity contribution is 8.13. The van der Waals surface area contributed by atoms with Crippen molar-refractivity contribution in [3.8, 4) is 5.75 Å². The molecule has 3 rings (SSSR count). The van der Waals surface area contributed by atoms with Gasteiger partial charge in [-0.15, -0.1) is 11.3 Å². The number of nitrogens with two attached hydrogens (primary N) is 1. The summed E-state index contributed by atoms with van der Waals surface area (Å²) in [6, 6.07) is 4.50. The molecule has 1 amide bonds. The molecule has 25 heavy (non-hydrogen) atoms. The summed E-state index contributed by atoms with van der Waals surface area (Å²) in [5.74, 6) is 0.618. The standard InChI is InChI=1S/C17H18FN3O2S2/c1-17(5-6-25-16(19)21-17)12-7-10(3-4-13(12)18)20-15(22)11-8-24-9-14(11)23-2/h3-4,7-9H,5-6H2,1-2H3,(H2,19,21)(H,20,22)/t17-/m0/s1. The quantitative estimate of drug-likeness (QED) is 0.847. The van der Waals surface area contributed by atoms with Gasteiger partial charge in [-0.1, -0.05) is 11.8 Å². The van der Waals surface area contributed by atoms with Crippen molar-refractivity contribution in [2.24, 2.45) is 10.7 Å². The van der Waals surface area contributed by atoms with Crippen molar-refractivity contribution in [2.75, 3.05) is 18.2 Å². The van der Waals surface area contributed by atoms with Crippen molar-refractivity contribution in [1.82, 2.24) is 0 Å². The molecule has 2 heterocycles. The van der Waals surface area contributed by atoms with Crippen molar-refractivity contribution in [3.63, 3.8) is 0 Å². The predicted molar refractivity (Wildman–Crippen MR) is 101 cm³/mol. The number of nitrogens with zero attached hydrogens (tertiary/aromatic N) is 1. The third-order valence-electron chi connectivity index (χ3n) is 4.09. The Bertz CT molecular complexity index is 837. The van der Waals surface area contributed by atoms with E-state index in [2.05, 4.69) is 10.3 Å². The minimum absolute atomic E-state index is 0.303. The van der Waals surface area contributed by atoms with Gasteiger partial charge < -0.3 is 15.8 Å². The minimum Gasteiger partial charge on any atom is -0.495 e. The minimum atomic E-state index is -0.736. The molecule has 0 fully saturated rings. The number of halogens is 1. The van der Waals surface area contributed by atoms with Crippen LogP contribution in [0.5, 0.6) is 5.75 Å². The number of thiophene rings is 1. The lowest BCUT2D eigenvalue weighted by atomic mass is 9.89. The molecule has 1 atom stereocenters. The third kappa shape index (κ3) is 3.64. The van der Waals surface area contributed by atoms with Crippen molar-refractivity contribution in [1.29, 1.82) is 0 Å². The molecular weight excluding hydrogens is 361 g/mol. The maximum atomic E-state index is 14.4. The zero-order valence-corrected chi connectivity index (χ0v) is 15.5. The number of carbonyl (C=O) groups is 1. The molecule has 0 spiro atoms. The van der Waals surface area contributed by atoms with Crippen LogP contribution in [0.1, 0.15) is 29.3 Å². The van der Waals surface area contributed by atoms with Gasteiger partial charge in [-0.25, -0.2) is 4.39 Å². The summed E-state index contributed by atoms with van der Waals surface area (Å²) in [6.07, 6.45) is 0.672. The SMILES string of the molecule is COc1cscc1C(=O)Nc1ccc(F)c([C@]2(C)CCSC(N)=N2)c1. The van der Waals surface area contributed by atoms with Crippen molar-refractivity contribution >= 4 is 39.9 Å². The molecule has 0 saturated carbocycles. The molecule has 0 unspecified atom stereocenters. The molecule has 3 N–H and O–H groups in total. The van der Waals surface area contributed by atoms with E-state index in [0.29, 0.717) is 34.2 Å². The number of thioether (sulfide) groups is 1. The van der Waals surface area contributed by atoms with Gasteiger partial charge >= 0.3 is 0 Å². The Labute approximate surface area is 153 Å². The first kappa shape index (κ1) is 17.8. The molecule has 1 aromatic carbocycles. The van der Waals surface area contributed by atoms with Crippen LogP contribution in [0.4, 0.5) is 10.1 Å². The molecule has 0 saturated heterocycles. The van der Waals surface area contributed by atoms with E-state index >= 15 is 0 Å². The normalized spacial score (nSPS) is 20.0. The highest BCUT2D eigenvalue weighted by Crippen LogP contribution is 2.37. The number of nitrogens with one attached hydrogen (secondary N) is 1. The van der Waals surface area contributed by atoms with E-state index in [-0.39, 0.29) is 11.7 Å². The predicted octanol–water partition coefficient (Wildman–Crippen LogP) is 3.81. The van der Waals surface area contributed by atoms with Crippen LogP contribution in [-0.4, -0.2) is 23.9 Å². The molecule has 2 aromatic rings. The second-order valence-corrected chi connectivity index (χ2v) is 7.68. The molecule has 0 radical (unpaired) electrons. The van der Waals surface area contributed by atoms with Crippen molar-refractivity contribution in [3.05, 3.63) is 45.9 Å². The lowest BCUT2D eigenvalue weighted by molar-refractivity contribution is 0.102. The average Bonchev–Trinajstić information content (AvgIpc) is 3.05. The highest BCUT2D eigenvalue weighted by Gasteiger charge is 2.32. The number of hydrogen-bond acceptors (Lipinski definition) is 6. The number of aliphatic imine (C=N–C) groups is 1. The van der Waals surface area contributed by atoms with Crippen LogP contribution in [0.2, 0.25) is 0 Å². The van der Waals surface area contributed by atoms with Crippen LogP contribution in [0.25, 0.3) is 0 Å². The molecule has 8 heteroatoms. The number of hydrogen-bond donors (Lipinski definition) is 2. The van der Waals surface area contributed by atoms with Gasteiger partial charge in [0.2, 0.25) is 0 Å². The van der Waals surface area contributed by atoms with Gasteiger partial charge in [-0.3, -0.25) is 9.79 Å². The number of carbonyl (C=O) groups excluding carboxylic acids is 1. The van der Waals surface area contributed by atoms with E-state index in [0.717, 1.165) is 5.75 Å². The second-order valence-electron chi connectivity index (χ2n) is 5.82. The lowest BCUT2D eigenvalue weighted by Gasteiger charge is -2.30. The first-order chi connectivity index (χ1) is 11.9. The van der Waals surface area contributed by atoms with Crippen LogP contribution in [0.3, 0.4) is 0 Å². The first-order valence-electron chi connectivity index (χ1n) is 7.62. The van der Waals surface area contributed by atoms with Crippen molar-refractivity contribution < 1.29 is 13.9 Å². The molecule has 132 valence electrons. The molecule has 5 nitrogen and oxygen atoms in total. The van der Waals surface area contributed by atoms with Crippen LogP contribution in [0, 0.1) is 5.82 Å². The average molecular weight is 379 g/mol. The number of amides is 1. The number of methoxy groups -OCH3 is 1. The second kappa shape index (κ2) is 7.05. The Kier molecular flexibility index (Phi) is 5.01. The fourth-order valence-corrected chi connectivity index (χ4v) is 4.45. The smallest absolute Gasteiger partial charge is 0.260 e. The molecule has 1 aliphatic rings. The van der Waals surface area contributed by atoms with Crippen molar-refractivity contribution in [2.45, 2.75) is 18.9 Å². The van der Waals surface area contributed by atoms with Gasteiger partial charge in [0.25, 0.3) is 5.91 Å². The number of anilines is 1. The maximum Gasteiger partial charge on any atom is 0.260 e. The van der Waals surface area contributed by atoms with Gasteiger partial charge in [-0.2, -0.15) is 0 Å². The number of benzene rings is 1. The summed E-state index contributed by atoms with van der Waals surface area (Å²) in [7, 11) is 1.51. The summed E-state index contributed by atoms with van der Waals surface area (Å²) >= 11 is 2.84. The Hall–Kier alpha value is -2.06. The number of ether oxygens (including phenoxy) is 1. The molecule has 1 aromatic heterocycles. The van der Waals surface area contributed by atoms with E-state index in [1.165, 1.54) is 42.3 Å². The molecular formula is C17H18FN3O2S2. The Morgan fingerprint density at radius 2 is 2.24 bits per heavy atom. The van der Waals surface area contributed by atoms with Gasteiger partial charge in [-0.05, 0) is 31.5 Å².